The highest BCUT2D eigenvalue weighted by molar-refractivity contribution is 7.80. The van der Waals surface area contributed by atoms with Gasteiger partial charge in [-0.1, -0.05) is 0 Å². The van der Waals surface area contributed by atoms with E-state index >= 15 is 0 Å². The monoisotopic (exact) mass is 248 g/mol. The molecule has 0 fully saturated rings. The molecule has 0 radical (unpaired) electrons. The van der Waals surface area contributed by atoms with E-state index in [2.05, 4.69) is 12.6 Å². The summed E-state index contributed by atoms with van der Waals surface area (Å²) in [4.78, 5) is 26.7. The van der Waals surface area contributed by atoms with E-state index in [1.54, 1.807) is 0 Å². The molecule has 13 heavy (non-hydrogen) atoms. The number of rotatable bonds is 5. The summed E-state index contributed by atoms with van der Waals surface area (Å²) in [5, 5.41) is -1.44. The second-order valence-corrected chi connectivity index (χ2v) is 8.04. The minimum Gasteiger partial charge on any atom is -0.344 e. The minimum absolute atomic E-state index is 0.0258. The van der Waals surface area contributed by atoms with Gasteiger partial charge in [-0.15, -0.1) is 0 Å². The summed E-state index contributed by atoms with van der Waals surface area (Å²) in [7, 11) is -8.20. The second kappa shape index (κ2) is 4.96. The van der Waals surface area contributed by atoms with Crippen LogP contribution in [-0.2, 0) is 9.13 Å². The number of hydrogen-bond acceptors (Lipinski definition) is 3. The van der Waals surface area contributed by atoms with E-state index in [-0.39, 0.29) is 6.42 Å². The fourth-order valence-electron chi connectivity index (χ4n) is 0.961. The van der Waals surface area contributed by atoms with Crippen LogP contribution in [-0.4, -0.2) is 32.5 Å². The summed E-state index contributed by atoms with van der Waals surface area (Å²) in [6, 6.07) is 0. The Balaban J connectivity index is 4.59. The van der Waals surface area contributed by atoms with E-state index in [0.717, 1.165) is 6.66 Å². The lowest BCUT2D eigenvalue weighted by Gasteiger charge is -2.20. The van der Waals surface area contributed by atoms with Crippen LogP contribution in [0.25, 0.3) is 0 Å². The molecule has 0 spiro atoms. The molecule has 0 amide bonds. The zero-order valence-electron chi connectivity index (χ0n) is 7.20. The smallest absolute Gasteiger partial charge is 0.338 e. The van der Waals surface area contributed by atoms with E-state index in [9.17, 15) is 9.13 Å². The lowest BCUT2D eigenvalue weighted by molar-refractivity contribution is 0.360. The molecule has 0 aromatic rings. The summed E-state index contributed by atoms with van der Waals surface area (Å²) in [6.45, 7) is 0.968. The second-order valence-electron chi connectivity index (χ2n) is 2.88. The Morgan fingerprint density at radius 2 is 1.77 bits per heavy atom. The molecule has 3 N–H and O–H groups in total. The predicted molar refractivity (Wildman–Crippen MR) is 54.7 cm³/mol. The number of thiol groups is 1. The maximum atomic E-state index is 11.1. The van der Waals surface area contributed by atoms with Crippen molar-refractivity contribution < 1.29 is 23.8 Å². The van der Waals surface area contributed by atoms with Gasteiger partial charge in [0.25, 0.3) is 0 Å². The fourth-order valence-corrected chi connectivity index (χ4v) is 4.56. The molecule has 0 saturated heterocycles. The first-order valence-electron chi connectivity index (χ1n) is 3.65. The van der Waals surface area contributed by atoms with Crippen LogP contribution < -0.4 is 0 Å². The Labute approximate surface area is 82.6 Å². The van der Waals surface area contributed by atoms with Crippen molar-refractivity contribution in [2.75, 3.05) is 12.4 Å². The van der Waals surface area contributed by atoms with Gasteiger partial charge in [-0.2, -0.15) is 12.6 Å². The average Bonchev–Trinajstić information content (AvgIpc) is 1.81. The van der Waals surface area contributed by atoms with Gasteiger partial charge >= 0.3 is 7.60 Å². The Morgan fingerprint density at radius 1 is 1.31 bits per heavy atom. The number of hydrogen-bond donors (Lipinski definition) is 4. The Hall–Kier alpha value is 0.690. The van der Waals surface area contributed by atoms with Gasteiger partial charge in [-0.25, -0.2) is 0 Å². The van der Waals surface area contributed by atoms with E-state index in [1.165, 1.54) is 0 Å². The van der Waals surface area contributed by atoms with Crippen LogP contribution in [0.3, 0.4) is 0 Å². The van der Waals surface area contributed by atoms with E-state index < -0.39 is 20.4 Å². The van der Waals surface area contributed by atoms with Gasteiger partial charge in [-0.3, -0.25) is 9.13 Å². The van der Waals surface area contributed by atoms with Gasteiger partial charge < -0.3 is 14.7 Å². The first kappa shape index (κ1) is 13.7. The summed E-state index contributed by atoms with van der Waals surface area (Å²) in [5.74, 6) is 0.441. The molecular formula is C5H14O5P2S. The van der Waals surface area contributed by atoms with Crippen molar-refractivity contribution in [1.29, 1.82) is 0 Å². The third-order valence-corrected chi connectivity index (χ3v) is 6.46. The summed E-state index contributed by atoms with van der Waals surface area (Å²) in [5.41, 5.74) is 0. The maximum absolute atomic E-state index is 11.1. The standard InChI is InChI=1S/C5H14O5P2S/c1-11(6,7)5(3-2-4-13)12(8,9)10/h5,13H,2-4H2,1H3,(H,6,7)(H2,8,9,10). The molecule has 80 valence electrons. The zero-order chi connectivity index (χ0) is 10.7. The molecule has 0 heterocycles. The molecule has 2 atom stereocenters. The van der Waals surface area contributed by atoms with Crippen LogP contribution >= 0.6 is 27.6 Å². The van der Waals surface area contributed by atoms with Gasteiger partial charge in [0.1, 0.15) is 5.40 Å². The van der Waals surface area contributed by atoms with Gasteiger partial charge in [0.2, 0.25) is 7.37 Å². The van der Waals surface area contributed by atoms with Crippen molar-refractivity contribution in [1.82, 2.24) is 0 Å². The molecule has 0 rings (SSSR count). The first-order valence-corrected chi connectivity index (χ1v) is 8.14. The zero-order valence-corrected chi connectivity index (χ0v) is 9.88. The third-order valence-electron chi connectivity index (χ3n) is 1.56. The third kappa shape index (κ3) is 5.21. The van der Waals surface area contributed by atoms with Crippen molar-refractivity contribution in [3.05, 3.63) is 0 Å². The average molecular weight is 248 g/mol. The van der Waals surface area contributed by atoms with E-state index in [4.69, 9.17) is 14.7 Å². The van der Waals surface area contributed by atoms with Crippen molar-refractivity contribution >= 4 is 27.6 Å². The lowest BCUT2D eigenvalue weighted by Crippen LogP contribution is -2.09. The maximum Gasteiger partial charge on any atom is 0.338 e. The van der Waals surface area contributed by atoms with E-state index in [1.807, 2.05) is 0 Å². The summed E-state index contributed by atoms with van der Waals surface area (Å²) >= 11 is 3.86. The lowest BCUT2D eigenvalue weighted by atomic mass is 10.4. The van der Waals surface area contributed by atoms with Crippen molar-refractivity contribution in [3.63, 3.8) is 0 Å². The Bertz CT molecular complexity index is 221. The van der Waals surface area contributed by atoms with Crippen molar-refractivity contribution in [2.24, 2.45) is 0 Å². The van der Waals surface area contributed by atoms with Crippen LogP contribution in [0.4, 0.5) is 0 Å². The highest BCUT2D eigenvalue weighted by Gasteiger charge is 2.39. The van der Waals surface area contributed by atoms with E-state index in [0.29, 0.717) is 12.2 Å². The Kier molecular flexibility index (Phi) is 5.23. The van der Waals surface area contributed by atoms with Crippen molar-refractivity contribution in [2.45, 2.75) is 18.2 Å². The van der Waals surface area contributed by atoms with Crippen LogP contribution in [0.2, 0.25) is 0 Å². The molecular weight excluding hydrogens is 234 g/mol. The molecule has 0 bridgehead atoms. The highest BCUT2D eigenvalue weighted by Crippen LogP contribution is 2.61. The molecule has 0 aliphatic heterocycles. The van der Waals surface area contributed by atoms with Crippen LogP contribution in [0.1, 0.15) is 12.8 Å². The molecule has 0 aliphatic carbocycles. The quantitative estimate of drug-likeness (QED) is 0.431. The first-order chi connectivity index (χ1) is 5.69. The van der Waals surface area contributed by atoms with Crippen LogP contribution in [0, 0.1) is 0 Å². The molecule has 0 aromatic heterocycles. The van der Waals surface area contributed by atoms with Crippen LogP contribution in [0.15, 0.2) is 0 Å². The molecule has 0 saturated carbocycles. The van der Waals surface area contributed by atoms with Crippen LogP contribution in [0.5, 0.6) is 0 Å². The summed E-state index contributed by atoms with van der Waals surface area (Å²) < 4.78 is 21.9. The normalized spacial score (nSPS) is 19.5. The minimum atomic E-state index is -4.47. The topological polar surface area (TPSA) is 94.8 Å². The molecule has 5 nitrogen and oxygen atoms in total. The molecule has 2 unspecified atom stereocenters. The summed E-state index contributed by atoms with van der Waals surface area (Å²) in [6.07, 6.45) is 0.440. The molecule has 8 heteroatoms. The van der Waals surface area contributed by atoms with Gasteiger partial charge in [0.05, 0.1) is 0 Å². The van der Waals surface area contributed by atoms with Gasteiger partial charge in [-0.05, 0) is 18.6 Å². The van der Waals surface area contributed by atoms with Gasteiger partial charge in [0, 0.05) is 6.66 Å². The highest BCUT2D eigenvalue weighted by atomic mass is 32.1. The predicted octanol–water partition coefficient (Wildman–Crippen LogP) is 1.10. The fraction of sp³-hybridized carbons (Fsp3) is 1.00. The van der Waals surface area contributed by atoms with Gasteiger partial charge in [0.15, 0.2) is 0 Å². The largest absolute Gasteiger partial charge is 0.344 e. The van der Waals surface area contributed by atoms with Crippen molar-refractivity contribution in [3.8, 4) is 0 Å². The molecule has 0 aromatic carbocycles. The molecule has 0 aliphatic rings. The SMILES string of the molecule is CP(=O)(O)C(CCCS)P(=O)(O)O. The Morgan fingerprint density at radius 3 is 2.00 bits per heavy atom.